The number of hydrogen-bond donors (Lipinski definition) is 1. The van der Waals surface area contributed by atoms with Gasteiger partial charge in [0.05, 0.1) is 5.54 Å². The molecular weight excluding hydrogens is 356 g/mol. The van der Waals surface area contributed by atoms with E-state index in [9.17, 15) is 14.7 Å². The zero-order chi connectivity index (χ0) is 20.1. The van der Waals surface area contributed by atoms with E-state index in [-0.39, 0.29) is 16.9 Å². The molecule has 0 aromatic carbocycles. The second kappa shape index (κ2) is 7.17. The van der Waals surface area contributed by atoms with Crippen LogP contribution in [0, 0.1) is 11.3 Å². The van der Waals surface area contributed by atoms with Crippen molar-refractivity contribution < 1.29 is 14.7 Å². The summed E-state index contributed by atoms with van der Waals surface area (Å²) in [6, 6.07) is 0.588. The van der Waals surface area contributed by atoms with Crippen molar-refractivity contribution in [2.75, 3.05) is 39.3 Å². The van der Waals surface area contributed by atoms with E-state index >= 15 is 0 Å². The second-order valence-corrected chi connectivity index (χ2v) is 9.37. The highest BCUT2D eigenvalue weighted by Gasteiger charge is 2.59. The first-order valence-corrected chi connectivity index (χ1v) is 11.2. The molecule has 7 heteroatoms. The zero-order valence-electron chi connectivity index (χ0n) is 17.7. The van der Waals surface area contributed by atoms with Crippen molar-refractivity contribution in [3.05, 3.63) is 0 Å². The molecule has 4 aliphatic rings. The van der Waals surface area contributed by atoms with E-state index in [1.54, 1.807) is 4.90 Å². The minimum atomic E-state index is -0.763. The SMILES string of the molecule is CCC1C(N2CCC3(CC2)CC(=O)N(CC)N3CC)CC12CCN(C(=O)O)C2. The number of piperidine rings is 1. The van der Waals surface area contributed by atoms with Crippen LogP contribution in [0.2, 0.25) is 0 Å². The highest BCUT2D eigenvalue weighted by Crippen LogP contribution is 2.56. The molecule has 3 aliphatic heterocycles. The predicted molar refractivity (Wildman–Crippen MR) is 107 cm³/mol. The molecule has 4 fully saturated rings. The maximum atomic E-state index is 12.5. The largest absolute Gasteiger partial charge is 0.465 e. The second-order valence-electron chi connectivity index (χ2n) is 9.37. The first kappa shape index (κ1) is 20.0. The molecule has 3 unspecified atom stereocenters. The quantitative estimate of drug-likeness (QED) is 0.796. The van der Waals surface area contributed by atoms with E-state index in [1.807, 2.05) is 5.01 Å². The molecule has 4 rings (SSSR count). The van der Waals surface area contributed by atoms with Gasteiger partial charge in [-0.15, -0.1) is 0 Å². The van der Waals surface area contributed by atoms with E-state index in [4.69, 9.17) is 0 Å². The van der Waals surface area contributed by atoms with Gasteiger partial charge in [0.25, 0.3) is 0 Å². The van der Waals surface area contributed by atoms with Crippen molar-refractivity contribution >= 4 is 12.0 Å². The van der Waals surface area contributed by atoms with Crippen LogP contribution in [0.1, 0.15) is 59.3 Å². The molecule has 1 aliphatic carbocycles. The highest BCUT2D eigenvalue weighted by atomic mass is 16.4. The van der Waals surface area contributed by atoms with E-state index in [2.05, 4.69) is 30.7 Å². The van der Waals surface area contributed by atoms with Crippen LogP contribution in [-0.4, -0.2) is 87.8 Å². The first-order chi connectivity index (χ1) is 13.4. The molecule has 3 heterocycles. The fourth-order valence-electron chi connectivity index (χ4n) is 6.99. The average Bonchev–Trinajstić information content (AvgIpc) is 3.22. The molecule has 1 saturated carbocycles. The molecule has 7 nitrogen and oxygen atoms in total. The molecule has 0 aromatic rings. The molecule has 0 radical (unpaired) electrons. The number of nitrogens with zero attached hydrogens (tertiary/aromatic N) is 4. The highest BCUT2D eigenvalue weighted by molar-refractivity contribution is 5.79. The summed E-state index contributed by atoms with van der Waals surface area (Å²) in [4.78, 5) is 28.1. The topological polar surface area (TPSA) is 67.3 Å². The zero-order valence-corrected chi connectivity index (χ0v) is 17.7. The van der Waals surface area contributed by atoms with Crippen molar-refractivity contribution in [2.45, 2.75) is 70.9 Å². The molecule has 3 atom stereocenters. The number of likely N-dealkylation sites (tertiary alicyclic amines) is 2. The first-order valence-electron chi connectivity index (χ1n) is 11.2. The van der Waals surface area contributed by atoms with Gasteiger partial charge >= 0.3 is 6.09 Å². The van der Waals surface area contributed by atoms with Gasteiger partial charge in [-0.25, -0.2) is 9.80 Å². The Bertz CT molecular complexity index is 633. The number of carbonyl (C=O) groups is 2. The van der Waals surface area contributed by atoms with Crippen molar-refractivity contribution in [1.82, 2.24) is 19.8 Å². The maximum absolute atomic E-state index is 12.5. The molecule has 2 spiro atoms. The lowest BCUT2D eigenvalue weighted by Crippen LogP contribution is -2.64. The van der Waals surface area contributed by atoms with E-state index < -0.39 is 6.09 Å². The number of carboxylic acid groups (broad SMARTS) is 1. The van der Waals surface area contributed by atoms with Gasteiger partial charge in [0.15, 0.2) is 0 Å². The van der Waals surface area contributed by atoms with Gasteiger partial charge in [-0.05, 0) is 43.9 Å². The lowest BCUT2D eigenvalue weighted by molar-refractivity contribution is -0.143. The Morgan fingerprint density at radius 2 is 1.82 bits per heavy atom. The van der Waals surface area contributed by atoms with E-state index in [1.165, 1.54) is 0 Å². The normalized spacial score (nSPS) is 35.9. The predicted octanol–water partition coefficient (Wildman–Crippen LogP) is 2.48. The van der Waals surface area contributed by atoms with Gasteiger partial charge in [0.2, 0.25) is 5.91 Å². The summed E-state index contributed by atoms with van der Waals surface area (Å²) in [5, 5.41) is 13.6. The minimum absolute atomic E-state index is 0.0228. The smallest absolute Gasteiger partial charge is 0.407 e. The van der Waals surface area contributed by atoms with Gasteiger partial charge in [-0.1, -0.05) is 20.3 Å². The van der Waals surface area contributed by atoms with E-state index in [0.29, 0.717) is 24.9 Å². The van der Waals surface area contributed by atoms with Crippen LogP contribution in [-0.2, 0) is 4.79 Å². The Kier molecular flexibility index (Phi) is 5.11. The Labute approximate surface area is 168 Å². The number of rotatable bonds is 4. The fourth-order valence-corrected chi connectivity index (χ4v) is 6.99. The van der Waals surface area contributed by atoms with Crippen LogP contribution in [0.3, 0.4) is 0 Å². The molecule has 1 N–H and O–H groups in total. The van der Waals surface area contributed by atoms with Crippen LogP contribution in [0.25, 0.3) is 0 Å². The third-order valence-electron chi connectivity index (χ3n) is 8.37. The van der Waals surface area contributed by atoms with Gasteiger partial charge in [0.1, 0.15) is 0 Å². The van der Waals surface area contributed by atoms with Crippen molar-refractivity contribution in [3.63, 3.8) is 0 Å². The summed E-state index contributed by atoms with van der Waals surface area (Å²) >= 11 is 0. The Hall–Kier alpha value is -1.34. The van der Waals surface area contributed by atoms with Gasteiger partial charge in [0, 0.05) is 51.7 Å². The average molecular weight is 393 g/mol. The van der Waals surface area contributed by atoms with Gasteiger partial charge in [-0.2, -0.15) is 0 Å². The summed E-state index contributed by atoms with van der Waals surface area (Å²) < 4.78 is 0. The number of hydrogen-bond acceptors (Lipinski definition) is 4. The molecule has 2 amide bonds. The Balaban J connectivity index is 1.40. The molecule has 3 saturated heterocycles. The summed E-state index contributed by atoms with van der Waals surface area (Å²) in [6.45, 7) is 11.7. The Morgan fingerprint density at radius 1 is 1.11 bits per heavy atom. The summed E-state index contributed by atoms with van der Waals surface area (Å²) in [7, 11) is 0. The van der Waals surface area contributed by atoms with Crippen LogP contribution in [0.15, 0.2) is 0 Å². The summed E-state index contributed by atoms with van der Waals surface area (Å²) in [5.41, 5.74) is 0.236. The Morgan fingerprint density at radius 3 is 2.36 bits per heavy atom. The van der Waals surface area contributed by atoms with E-state index in [0.717, 1.165) is 64.8 Å². The third-order valence-corrected chi connectivity index (χ3v) is 8.37. The number of hydrazine groups is 1. The number of carbonyl (C=O) groups excluding carboxylic acids is 1. The molecule has 158 valence electrons. The molecule has 0 aromatic heterocycles. The lowest BCUT2D eigenvalue weighted by atomic mass is 9.54. The third kappa shape index (κ3) is 2.84. The van der Waals surface area contributed by atoms with Crippen molar-refractivity contribution in [3.8, 4) is 0 Å². The van der Waals surface area contributed by atoms with Crippen molar-refractivity contribution in [2.24, 2.45) is 11.3 Å². The van der Waals surface area contributed by atoms with Crippen molar-refractivity contribution in [1.29, 1.82) is 0 Å². The standard InChI is InChI=1S/C21H36N4O3/c1-4-16-17(13-20(16)7-10-23(15-20)19(27)28)22-11-8-21(9-12-22)14-18(26)24(5-2)25(21)6-3/h16-17H,4-15H2,1-3H3,(H,27,28). The minimum Gasteiger partial charge on any atom is -0.465 e. The molecule has 0 bridgehead atoms. The fraction of sp³-hybridized carbons (Fsp3) is 0.905. The number of amides is 2. The van der Waals surface area contributed by atoms with Crippen LogP contribution in [0.5, 0.6) is 0 Å². The summed E-state index contributed by atoms with van der Waals surface area (Å²) in [6.07, 6.45) is 5.32. The molecule has 28 heavy (non-hydrogen) atoms. The van der Waals surface area contributed by atoms with Crippen LogP contribution < -0.4 is 0 Å². The van der Waals surface area contributed by atoms with Crippen LogP contribution in [0.4, 0.5) is 4.79 Å². The van der Waals surface area contributed by atoms with Crippen LogP contribution >= 0.6 is 0 Å². The lowest BCUT2D eigenvalue weighted by Gasteiger charge is -2.59. The molecular formula is C21H36N4O3. The van der Waals surface area contributed by atoms with Gasteiger partial charge in [-0.3, -0.25) is 14.7 Å². The summed E-state index contributed by atoms with van der Waals surface area (Å²) in [5.74, 6) is 0.886. The maximum Gasteiger partial charge on any atom is 0.407 e. The van der Waals surface area contributed by atoms with Gasteiger partial charge < -0.3 is 10.0 Å². The monoisotopic (exact) mass is 392 g/mol.